The molecule has 0 aliphatic carbocycles. The molecule has 0 aliphatic rings. The molecule has 3 heteroatoms. The van der Waals surface area contributed by atoms with Crippen molar-refractivity contribution in [3.63, 3.8) is 0 Å². The number of hydrogen-bond donors (Lipinski definition) is 2. The Labute approximate surface area is 90.4 Å². The predicted molar refractivity (Wildman–Crippen MR) is 63.1 cm³/mol. The molecular weight excluding hydrogens is 196 g/mol. The van der Waals surface area contributed by atoms with Gasteiger partial charge in [0.25, 0.3) is 0 Å². The van der Waals surface area contributed by atoms with Crippen LogP contribution in [0.4, 0.5) is 5.69 Å². The zero-order chi connectivity index (χ0) is 10.7. The fraction of sp³-hybridized carbons (Fsp3) is 0.455. The molecule has 0 amide bonds. The number of aryl methyl sites for hydroxylation is 2. The Kier molecular flexibility index (Phi) is 3.78. The third-order valence-electron chi connectivity index (χ3n) is 2.03. The number of nitrogens with one attached hydrogen (secondary N) is 1. The topological polar surface area (TPSA) is 38.0 Å². The van der Waals surface area contributed by atoms with E-state index in [1.165, 1.54) is 5.56 Å². The van der Waals surface area contributed by atoms with E-state index < -0.39 is 0 Å². The lowest BCUT2D eigenvalue weighted by molar-refractivity contribution is 0.779. The first-order valence-corrected chi connectivity index (χ1v) is 5.14. The van der Waals surface area contributed by atoms with Crippen molar-refractivity contribution in [2.45, 2.75) is 26.8 Å². The number of rotatable bonds is 3. The van der Waals surface area contributed by atoms with E-state index in [9.17, 15) is 0 Å². The molecule has 1 atom stereocenters. The Morgan fingerprint density at radius 1 is 1.43 bits per heavy atom. The Hall–Kier alpha value is -0.730. The van der Waals surface area contributed by atoms with Crippen LogP contribution < -0.4 is 11.1 Å². The first-order valence-electron chi connectivity index (χ1n) is 4.77. The third kappa shape index (κ3) is 2.89. The molecule has 0 aliphatic heterocycles. The zero-order valence-corrected chi connectivity index (χ0v) is 9.65. The lowest BCUT2D eigenvalue weighted by Crippen LogP contribution is -2.25. The second-order valence-electron chi connectivity index (χ2n) is 3.80. The highest BCUT2D eigenvalue weighted by molar-refractivity contribution is 6.33. The van der Waals surface area contributed by atoms with Gasteiger partial charge in [-0.05, 0) is 38.0 Å². The van der Waals surface area contributed by atoms with Crippen LogP contribution in [0.15, 0.2) is 12.1 Å². The van der Waals surface area contributed by atoms with Gasteiger partial charge < -0.3 is 11.1 Å². The zero-order valence-electron chi connectivity index (χ0n) is 8.89. The average molecular weight is 213 g/mol. The van der Waals surface area contributed by atoms with Crippen LogP contribution in [0.1, 0.15) is 18.1 Å². The summed E-state index contributed by atoms with van der Waals surface area (Å²) in [7, 11) is 0. The molecule has 1 aromatic carbocycles. The Balaban J connectivity index is 2.86. The summed E-state index contributed by atoms with van der Waals surface area (Å²) in [5.41, 5.74) is 9.00. The van der Waals surface area contributed by atoms with Crippen molar-refractivity contribution in [1.82, 2.24) is 0 Å². The molecule has 0 bridgehead atoms. The Morgan fingerprint density at radius 3 is 2.57 bits per heavy atom. The van der Waals surface area contributed by atoms with Crippen LogP contribution in [-0.4, -0.2) is 12.6 Å². The van der Waals surface area contributed by atoms with Gasteiger partial charge >= 0.3 is 0 Å². The second-order valence-corrected chi connectivity index (χ2v) is 4.20. The summed E-state index contributed by atoms with van der Waals surface area (Å²) in [6, 6.07) is 4.19. The number of halogens is 1. The summed E-state index contributed by atoms with van der Waals surface area (Å²) < 4.78 is 0. The van der Waals surface area contributed by atoms with Crippen LogP contribution in [0.3, 0.4) is 0 Å². The average Bonchev–Trinajstić information content (AvgIpc) is 2.01. The first kappa shape index (κ1) is 11.3. The van der Waals surface area contributed by atoms with Gasteiger partial charge in [0, 0.05) is 12.6 Å². The van der Waals surface area contributed by atoms with Crippen molar-refractivity contribution < 1.29 is 0 Å². The summed E-state index contributed by atoms with van der Waals surface area (Å²) in [5, 5.41) is 4.02. The van der Waals surface area contributed by atoms with E-state index in [2.05, 4.69) is 11.4 Å². The molecule has 0 fully saturated rings. The molecule has 14 heavy (non-hydrogen) atoms. The minimum atomic E-state index is 0.131. The summed E-state index contributed by atoms with van der Waals surface area (Å²) >= 11 is 6.11. The van der Waals surface area contributed by atoms with E-state index in [-0.39, 0.29) is 6.04 Å². The molecule has 3 N–H and O–H groups in total. The van der Waals surface area contributed by atoms with E-state index in [0.29, 0.717) is 0 Å². The Bertz CT molecular complexity index is 298. The van der Waals surface area contributed by atoms with Crippen molar-refractivity contribution >= 4 is 17.3 Å². The number of anilines is 1. The minimum Gasteiger partial charge on any atom is -0.382 e. The molecule has 1 rings (SSSR count). The minimum absolute atomic E-state index is 0.131. The van der Waals surface area contributed by atoms with Crippen LogP contribution in [0.5, 0.6) is 0 Å². The van der Waals surface area contributed by atoms with Gasteiger partial charge in [-0.2, -0.15) is 0 Å². The maximum atomic E-state index is 6.11. The largest absolute Gasteiger partial charge is 0.382 e. The van der Waals surface area contributed by atoms with E-state index in [0.717, 1.165) is 22.8 Å². The highest BCUT2D eigenvalue weighted by Gasteiger charge is 2.05. The van der Waals surface area contributed by atoms with Crippen LogP contribution >= 0.6 is 11.6 Å². The van der Waals surface area contributed by atoms with Gasteiger partial charge in [0.05, 0.1) is 10.7 Å². The lowest BCUT2D eigenvalue weighted by atomic mass is 10.1. The van der Waals surface area contributed by atoms with Crippen molar-refractivity contribution in [1.29, 1.82) is 0 Å². The monoisotopic (exact) mass is 212 g/mol. The smallest absolute Gasteiger partial charge is 0.0642 e. The lowest BCUT2D eigenvalue weighted by Gasteiger charge is -2.14. The summed E-state index contributed by atoms with van der Waals surface area (Å²) in [4.78, 5) is 0. The molecule has 0 aromatic heterocycles. The fourth-order valence-corrected chi connectivity index (χ4v) is 1.79. The van der Waals surface area contributed by atoms with Crippen molar-refractivity contribution in [2.24, 2.45) is 5.73 Å². The highest BCUT2D eigenvalue weighted by atomic mass is 35.5. The van der Waals surface area contributed by atoms with Crippen molar-refractivity contribution in [2.75, 3.05) is 11.9 Å². The standard InChI is InChI=1S/C11H17ClN2/c1-7-4-8(2)11(10(12)5-7)14-6-9(3)13/h4-5,9,14H,6,13H2,1-3H3. The van der Waals surface area contributed by atoms with Gasteiger partial charge in [0.1, 0.15) is 0 Å². The Morgan fingerprint density at radius 2 is 2.07 bits per heavy atom. The highest BCUT2D eigenvalue weighted by Crippen LogP contribution is 2.26. The maximum absolute atomic E-state index is 6.11. The number of nitrogens with two attached hydrogens (primary N) is 1. The van der Waals surface area contributed by atoms with Gasteiger partial charge in [0.15, 0.2) is 0 Å². The van der Waals surface area contributed by atoms with Crippen molar-refractivity contribution in [3.8, 4) is 0 Å². The van der Waals surface area contributed by atoms with Crippen LogP contribution in [0, 0.1) is 13.8 Å². The summed E-state index contributed by atoms with van der Waals surface area (Å²) in [5.74, 6) is 0. The van der Waals surface area contributed by atoms with E-state index >= 15 is 0 Å². The fourth-order valence-electron chi connectivity index (χ4n) is 1.40. The van der Waals surface area contributed by atoms with Gasteiger partial charge in [-0.15, -0.1) is 0 Å². The molecule has 0 saturated carbocycles. The molecule has 1 aromatic rings. The molecule has 78 valence electrons. The molecule has 1 unspecified atom stereocenters. The van der Waals surface area contributed by atoms with E-state index in [4.69, 9.17) is 17.3 Å². The summed E-state index contributed by atoms with van der Waals surface area (Å²) in [6.45, 7) is 6.78. The van der Waals surface area contributed by atoms with Gasteiger partial charge in [-0.3, -0.25) is 0 Å². The van der Waals surface area contributed by atoms with Crippen LogP contribution in [-0.2, 0) is 0 Å². The van der Waals surface area contributed by atoms with E-state index in [1.807, 2.05) is 26.8 Å². The molecule has 0 saturated heterocycles. The molecule has 0 spiro atoms. The van der Waals surface area contributed by atoms with E-state index in [1.54, 1.807) is 0 Å². The predicted octanol–water partition coefficient (Wildman–Crippen LogP) is 2.72. The number of hydrogen-bond acceptors (Lipinski definition) is 2. The normalized spacial score (nSPS) is 12.6. The first-order chi connectivity index (χ1) is 6.50. The second kappa shape index (κ2) is 4.67. The maximum Gasteiger partial charge on any atom is 0.0642 e. The van der Waals surface area contributed by atoms with Crippen molar-refractivity contribution in [3.05, 3.63) is 28.3 Å². The van der Waals surface area contributed by atoms with Gasteiger partial charge in [-0.1, -0.05) is 17.7 Å². The molecular formula is C11H17ClN2. The van der Waals surface area contributed by atoms with Crippen LogP contribution in [0.2, 0.25) is 5.02 Å². The number of benzene rings is 1. The molecule has 0 heterocycles. The SMILES string of the molecule is Cc1cc(C)c(NCC(C)N)c(Cl)c1. The summed E-state index contributed by atoms with van der Waals surface area (Å²) in [6.07, 6.45) is 0. The van der Waals surface area contributed by atoms with Gasteiger partial charge in [0.2, 0.25) is 0 Å². The quantitative estimate of drug-likeness (QED) is 0.809. The molecule has 0 radical (unpaired) electrons. The van der Waals surface area contributed by atoms with Crippen LogP contribution in [0.25, 0.3) is 0 Å². The molecule has 2 nitrogen and oxygen atoms in total. The van der Waals surface area contributed by atoms with Gasteiger partial charge in [-0.25, -0.2) is 0 Å². The third-order valence-corrected chi connectivity index (χ3v) is 2.33.